The lowest BCUT2D eigenvalue weighted by Gasteiger charge is -2.37. The first kappa shape index (κ1) is 95.1. The summed E-state index contributed by atoms with van der Waals surface area (Å²) >= 11 is 0. The van der Waals surface area contributed by atoms with Gasteiger partial charge in [0.15, 0.2) is 11.6 Å². The van der Waals surface area contributed by atoms with E-state index in [1.165, 1.54) is 42.9 Å². The Hall–Kier alpha value is -10.8. The number of aliphatic hydroxyl groups is 1. The molecule has 122 heavy (non-hydrogen) atoms. The normalized spacial score (nSPS) is 23.9. The van der Waals surface area contributed by atoms with Crippen LogP contribution in [-0.4, -0.2) is 265 Å². The summed E-state index contributed by atoms with van der Waals surface area (Å²) in [5, 5.41) is 38.4. The number of carboxylic acid groups (broad SMARTS) is 1. The highest BCUT2D eigenvalue weighted by Crippen LogP contribution is 2.35. The molecule has 0 unspecified atom stereocenters. The Balaban J connectivity index is 0.00000231. The number of carboxylic acids is 1. The zero-order chi connectivity index (χ0) is 88.6. The fraction of sp³-hybridized carbons (Fsp3) is 0.552. The highest BCUT2D eigenvalue weighted by molar-refractivity contribution is 6.00. The molecule has 1 aromatic heterocycles. The molecule has 35 heteroatoms. The van der Waals surface area contributed by atoms with E-state index in [0.29, 0.717) is 121 Å². The van der Waals surface area contributed by atoms with Gasteiger partial charge >= 0.3 is 12.1 Å². The van der Waals surface area contributed by atoms with Crippen molar-refractivity contribution in [3.63, 3.8) is 0 Å². The third kappa shape index (κ3) is 27.6. The maximum atomic E-state index is 16.2. The van der Waals surface area contributed by atoms with E-state index < -0.39 is 156 Å². The first-order chi connectivity index (χ1) is 58.0. The number of aryl methyl sites for hydroxylation is 2. The molecule has 0 saturated carbocycles. The van der Waals surface area contributed by atoms with Crippen molar-refractivity contribution in [2.75, 3.05) is 94.0 Å². The van der Waals surface area contributed by atoms with E-state index in [9.17, 15) is 51.8 Å². The molecule has 6 aliphatic heterocycles. The number of amides is 10. The largest absolute Gasteiger partial charge is 0.497 e. The number of benzene rings is 4. The molecule has 9 N–H and O–H groups in total. The van der Waals surface area contributed by atoms with Crippen LogP contribution in [0.1, 0.15) is 138 Å². The summed E-state index contributed by atoms with van der Waals surface area (Å²) in [6.45, 7) is 5.85. The van der Waals surface area contributed by atoms with E-state index in [-0.39, 0.29) is 102 Å². The van der Waals surface area contributed by atoms with Crippen molar-refractivity contribution >= 4 is 87.5 Å². The van der Waals surface area contributed by atoms with Crippen LogP contribution < -0.4 is 42.0 Å². The molecule has 2 fully saturated rings. The van der Waals surface area contributed by atoms with Gasteiger partial charge in [-0.1, -0.05) is 73.5 Å². The smallest absolute Gasteiger partial charge is 0.490 e. The van der Waals surface area contributed by atoms with Crippen LogP contribution in [-0.2, 0) is 122 Å². The lowest BCUT2D eigenvalue weighted by molar-refractivity contribution is -0.870. The summed E-state index contributed by atoms with van der Waals surface area (Å²) in [5.41, 5.74) is 3.12. The van der Waals surface area contributed by atoms with Gasteiger partial charge in [-0.25, -0.2) is 9.18 Å². The Kier molecular flexibility index (Phi) is 34.6. The Morgan fingerprint density at radius 3 is 2.08 bits per heavy atom. The number of halogens is 4. The number of alkyl halides is 3. The van der Waals surface area contributed by atoms with Gasteiger partial charge in [0.25, 0.3) is 0 Å². The highest BCUT2D eigenvalue weighted by atomic mass is 19.4. The summed E-state index contributed by atoms with van der Waals surface area (Å²) in [6, 6.07) is 16.3. The minimum absolute atomic E-state index is 0.00557. The van der Waals surface area contributed by atoms with Gasteiger partial charge < -0.3 is 90.1 Å². The average molecular weight is 1710 g/mol. The second-order valence-corrected chi connectivity index (χ2v) is 33.0. The number of likely N-dealkylation sites (N-methyl/N-ethyl adjacent to an activating group) is 1. The Labute approximate surface area is 706 Å². The number of hydrogen-bond donors (Lipinski definition) is 9. The van der Waals surface area contributed by atoms with Gasteiger partial charge in [-0.05, 0) is 142 Å². The van der Waals surface area contributed by atoms with Gasteiger partial charge in [0.2, 0.25) is 59.1 Å². The third-order valence-corrected chi connectivity index (χ3v) is 22.6. The molecule has 10 atom stereocenters. The Morgan fingerprint density at radius 1 is 0.689 bits per heavy atom. The number of aliphatic hydroxyl groups excluding tert-OH is 1. The number of quaternary nitrogens is 1. The van der Waals surface area contributed by atoms with Gasteiger partial charge in [-0.2, -0.15) is 13.2 Å². The second kappa shape index (κ2) is 44.4. The van der Waals surface area contributed by atoms with Crippen molar-refractivity contribution < 1.29 is 114 Å². The number of aromatic nitrogens is 1. The van der Waals surface area contributed by atoms with Gasteiger partial charge in [-0.3, -0.25) is 57.5 Å². The van der Waals surface area contributed by atoms with Crippen LogP contribution in [0.5, 0.6) is 5.75 Å². The predicted molar refractivity (Wildman–Crippen MR) is 437 cm³/mol. The first-order valence-electron chi connectivity index (χ1n) is 41.6. The number of nitrogens with one attached hydrogen (secondary N) is 7. The number of carbonyl (C=O) groups excluding carboxylic acids is 12. The number of rotatable bonds is 15. The lowest BCUT2D eigenvalue weighted by Crippen LogP contribution is -2.62. The molecule has 4 aromatic carbocycles. The van der Waals surface area contributed by atoms with Crippen LogP contribution in [0.3, 0.4) is 0 Å². The van der Waals surface area contributed by atoms with Crippen molar-refractivity contribution in [2.24, 2.45) is 5.92 Å². The molecule has 0 spiro atoms. The summed E-state index contributed by atoms with van der Waals surface area (Å²) in [4.78, 5) is 192. The fourth-order valence-electron chi connectivity index (χ4n) is 15.6. The van der Waals surface area contributed by atoms with Crippen LogP contribution in [0.2, 0.25) is 0 Å². The number of methoxy groups -OCH3 is 1. The highest BCUT2D eigenvalue weighted by Gasteiger charge is 2.50. The minimum Gasteiger partial charge on any atom is -0.497 e. The number of Topliss-reactive ketones (excluding diaryl/α,β-unsaturated/α-hetero) is 2. The standard InChI is InChI=1S/C85H113FN12O17.C2HF3O2/c1-54-79(106)91-66-45-59-16-12-17-60(43-59)49-87-75(104)53-115-71-31-37-96-78(71)82(109)93-77(55(2)99)81(108)92-67(44-57-23-26-64(112-7)27-24-57)84(111)97-36-14-33-85(97,3)72(101)18-13-15-56-19-21-58(22-20-56)51-95(35-11-9-8-10-34-94-52-62(46-61(83(96)110)47-70(66)100)65-48-63(86)25-28-69(65)94)76(105)30-29-74(103)90-68(80(107)89-54)50-88-73(102)32-39-113-41-42-114-40-38-98(4,5)6;3-2(4,5)1(6)7/h12,16-17,19-28,43,48,52,54-55,61,66-68,71,77-78,99H,8-11,13-15,18,29-42,44-47,49-51,53H2,1-7H3,(H6-,87,88,89,90,91,92,93,102,103,104,106,107,108,109);(H,6,7)/p+1/t54-,55-,61-,66+,67+,68+,71+,77+,78+,85+;/m1./s1. The molecular formula is C87H115F4N12O19+. The second-order valence-electron chi connectivity index (χ2n) is 33.0. The molecule has 11 rings (SSSR count). The van der Waals surface area contributed by atoms with Gasteiger partial charge in [0, 0.05) is 107 Å². The van der Waals surface area contributed by atoms with E-state index in [1.807, 2.05) is 50.0 Å². The first-order valence-corrected chi connectivity index (χ1v) is 41.6. The van der Waals surface area contributed by atoms with Crippen molar-refractivity contribution in [1.29, 1.82) is 0 Å². The van der Waals surface area contributed by atoms with Crippen molar-refractivity contribution in [3.8, 4) is 5.75 Å². The van der Waals surface area contributed by atoms with Gasteiger partial charge in [0.1, 0.15) is 54.9 Å². The van der Waals surface area contributed by atoms with Gasteiger partial charge in [0.05, 0.1) is 78.5 Å². The van der Waals surface area contributed by atoms with E-state index in [1.54, 1.807) is 72.6 Å². The SMILES string of the molecule is COc1ccc(C[C@@H]2NC(=O)[C@H]([C@@H](C)O)NC(=O)[C@@H]3[C@@H]4CCN3C(=O)[C@H]3CC(=O)[C@H](Cc5cccc(c5)CNC(=O)CO4)NC(=O)[C@@H](C)NC(=O)[C@H](CNC(=O)CCOCCOCC[N+](C)(C)C)NC(=O)CCC(=O)N(CCCCCCn4cc(c5cc(F)ccc54)C3)Cc3ccc(cc3)CCCC(=O)[C@]3(C)CCCN3C2=O)cc1.O=C(O)C(F)(F)F. The summed E-state index contributed by atoms with van der Waals surface area (Å²) in [5.74, 6) is -12.5. The van der Waals surface area contributed by atoms with Crippen molar-refractivity contribution in [3.05, 3.63) is 136 Å². The van der Waals surface area contributed by atoms with E-state index in [2.05, 4.69) is 37.2 Å². The topological polar surface area (TPSA) is 398 Å². The number of ether oxygens (including phenoxy) is 4. The molecule has 7 heterocycles. The number of fused-ring (bicyclic) bond motifs is 16. The van der Waals surface area contributed by atoms with Crippen molar-refractivity contribution in [2.45, 2.75) is 210 Å². The Morgan fingerprint density at radius 2 is 1.39 bits per heavy atom. The molecule has 664 valence electrons. The van der Waals surface area contributed by atoms with E-state index in [0.717, 1.165) is 17.7 Å². The maximum Gasteiger partial charge on any atom is 0.490 e. The van der Waals surface area contributed by atoms with Crippen LogP contribution in [0.25, 0.3) is 10.9 Å². The number of hydrogen-bond acceptors (Lipinski definition) is 18. The number of aliphatic carboxylic acids is 1. The molecule has 10 amide bonds. The fourth-order valence-corrected chi connectivity index (χ4v) is 15.6. The molecule has 2 saturated heterocycles. The molecule has 31 nitrogen and oxygen atoms in total. The predicted octanol–water partition coefficient (Wildman–Crippen LogP) is 4.38. The van der Waals surface area contributed by atoms with Crippen LogP contribution in [0.15, 0.2) is 97.2 Å². The molecule has 0 aliphatic carbocycles. The van der Waals surface area contributed by atoms with Crippen molar-refractivity contribution in [1.82, 2.24) is 56.5 Å². The quantitative estimate of drug-likeness (QED) is 0.0399. The maximum absolute atomic E-state index is 16.2. The van der Waals surface area contributed by atoms with Crippen LogP contribution >= 0.6 is 0 Å². The number of nitrogens with zero attached hydrogens (tertiary/aromatic N) is 5. The monoisotopic (exact) mass is 1710 g/mol. The molecular weight excluding hydrogens is 1590 g/mol. The number of ketones is 2. The van der Waals surface area contributed by atoms with Gasteiger partial charge in [-0.15, -0.1) is 0 Å². The minimum atomic E-state index is -5.08. The summed E-state index contributed by atoms with van der Waals surface area (Å²) in [6.07, 6.45) is -4.00. The molecule has 6 aliphatic rings. The average Bonchev–Trinajstić information content (AvgIpc) is 1.62. The zero-order valence-corrected chi connectivity index (χ0v) is 70.2. The Bertz CT molecular complexity index is 4520. The summed E-state index contributed by atoms with van der Waals surface area (Å²) < 4.78 is 73.3. The molecule has 12 bridgehead atoms. The molecule has 5 aromatic rings. The van der Waals surface area contributed by atoms with E-state index >= 15 is 28.4 Å². The number of carbonyl (C=O) groups is 13. The zero-order valence-electron chi connectivity index (χ0n) is 70.2. The van der Waals surface area contributed by atoms with Crippen LogP contribution in [0.4, 0.5) is 17.6 Å². The van der Waals surface area contributed by atoms with Crippen LogP contribution in [0, 0.1) is 11.7 Å². The lowest BCUT2D eigenvalue weighted by atomic mass is 9.88. The third-order valence-electron chi connectivity index (χ3n) is 22.6. The summed E-state index contributed by atoms with van der Waals surface area (Å²) in [7, 11) is 7.64. The van der Waals surface area contributed by atoms with E-state index in [4.69, 9.17) is 28.8 Å². The molecule has 0 radical (unpaired) electrons.